The summed E-state index contributed by atoms with van der Waals surface area (Å²) in [6.45, 7) is 0.0293. The number of rotatable bonds is 7. The van der Waals surface area contributed by atoms with E-state index in [1.807, 2.05) is 0 Å². The Morgan fingerprint density at radius 3 is 2.54 bits per heavy atom. The summed E-state index contributed by atoms with van der Waals surface area (Å²) in [7, 11) is 1.50. The van der Waals surface area contributed by atoms with Crippen LogP contribution < -0.4 is 16.0 Å². The lowest BCUT2D eigenvalue weighted by Crippen LogP contribution is -2.45. The van der Waals surface area contributed by atoms with Crippen molar-refractivity contribution in [3.05, 3.63) is 29.3 Å². The molecule has 0 aromatic heterocycles. The maximum absolute atomic E-state index is 12.0. The van der Waals surface area contributed by atoms with Gasteiger partial charge in [-0.3, -0.25) is 4.79 Å². The first-order chi connectivity index (χ1) is 12.5. The lowest BCUT2D eigenvalue weighted by atomic mass is 9.96. The first-order valence-corrected chi connectivity index (χ1v) is 8.68. The predicted molar refractivity (Wildman–Crippen MR) is 96.2 cm³/mol. The molecule has 1 saturated carbocycles. The molecule has 0 radical (unpaired) electrons. The minimum atomic E-state index is -1.09. The molecule has 1 aliphatic carbocycles. The summed E-state index contributed by atoms with van der Waals surface area (Å²) in [6, 6.07) is 4.27. The molecule has 1 fully saturated rings. The zero-order chi connectivity index (χ0) is 18.9. The zero-order valence-corrected chi connectivity index (χ0v) is 14.8. The number of carbonyl (C=O) groups is 3. The first-order valence-electron chi connectivity index (χ1n) is 8.68. The number of ether oxygens (including phenoxy) is 1. The van der Waals surface area contributed by atoms with Crippen LogP contribution in [0.15, 0.2) is 18.2 Å². The van der Waals surface area contributed by atoms with Crippen LogP contribution in [0.25, 0.3) is 0 Å². The van der Waals surface area contributed by atoms with Gasteiger partial charge in [-0.15, -0.1) is 0 Å². The molecule has 8 heteroatoms. The second-order valence-electron chi connectivity index (χ2n) is 6.37. The fourth-order valence-corrected chi connectivity index (χ4v) is 2.99. The number of methoxy groups -OCH3 is 1. The van der Waals surface area contributed by atoms with Crippen molar-refractivity contribution in [1.82, 2.24) is 10.6 Å². The van der Waals surface area contributed by atoms with Gasteiger partial charge in [-0.1, -0.05) is 19.3 Å². The van der Waals surface area contributed by atoms with Gasteiger partial charge < -0.3 is 25.8 Å². The van der Waals surface area contributed by atoms with Crippen LogP contribution >= 0.6 is 0 Å². The highest BCUT2D eigenvalue weighted by atomic mass is 16.5. The van der Waals surface area contributed by atoms with E-state index in [4.69, 9.17) is 9.84 Å². The van der Waals surface area contributed by atoms with E-state index in [2.05, 4.69) is 16.0 Å². The van der Waals surface area contributed by atoms with Crippen LogP contribution in [0, 0.1) is 0 Å². The normalized spacial score (nSPS) is 14.5. The van der Waals surface area contributed by atoms with Crippen LogP contribution in [-0.4, -0.2) is 42.7 Å². The number of carboxylic acid groups (broad SMARTS) is 1. The Kier molecular flexibility index (Phi) is 7.40. The molecule has 4 N–H and O–H groups in total. The predicted octanol–water partition coefficient (Wildman–Crippen LogP) is 2.10. The van der Waals surface area contributed by atoms with Gasteiger partial charge in [0.2, 0.25) is 5.91 Å². The van der Waals surface area contributed by atoms with Crippen LogP contribution in [0.5, 0.6) is 0 Å². The van der Waals surface area contributed by atoms with E-state index in [-0.39, 0.29) is 30.8 Å². The van der Waals surface area contributed by atoms with Crippen LogP contribution in [-0.2, 0) is 16.1 Å². The van der Waals surface area contributed by atoms with Gasteiger partial charge in [0.15, 0.2) is 0 Å². The summed E-state index contributed by atoms with van der Waals surface area (Å²) in [5, 5.41) is 17.1. The van der Waals surface area contributed by atoms with E-state index in [9.17, 15) is 14.4 Å². The van der Waals surface area contributed by atoms with E-state index < -0.39 is 11.9 Å². The highest BCUT2D eigenvalue weighted by molar-refractivity contribution is 5.96. The third kappa shape index (κ3) is 6.36. The van der Waals surface area contributed by atoms with E-state index in [0.29, 0.717) is 11.3 Å². The molecule has 0 aliphatic heterocycles. The molecule has 1 aromatic carbocycles. The third-order valence-corrected chi connectivity index (χ3v) is 4.18. The molecule has 26 heavy (non-hydrogen) atoms. The Balaban J connectivity index is 1.86. The van der Waals surface area contributed by atoms with Crippen molar-refractivity contribution >= 4 is 23.6 Å². The number of hydrogen-bond acceptors (Lipinski definition) is 4. The van der Waals surface area contributed by atoms with Crippen molar-refractivity contribution in [2.24, 2.45) is 0 Å². The number of carbonyl (C=O) groups excluding carboxylic acids is 2. The van der Waals surface area contributed by atoms with Gasteiger partial charge in [0, 0.05) is 18.8 Å². The van der Waals surface area contributed by atoms with E-state index in [1.54, 1.807) is 6.07 Å². The van der Waals surface area contributed by atoms with Crippen LogP contribution in [0.2, 0.25) is 0 Å². The van der Waals surface area contributed by atoms with Gasteiger partial charge in [-0.2, -0.15) is 0 Å². The smallest absolute Gasteiger partial charge is 0.335 e. The molecule has 0 spiro atoms. The molecule has 0 unspecified atom stereocenters. The molecule has 3 amide bonds. The lowest BCUT2D eigenvalue weighted by Gasteiger charge is -2.22. The summed E-state index contributed by atoms with van der Waals surface area (Å²) < 4.78 is 5.00. The Labute approximate surface area is 152 Å². The van der Waals surface area contributed by atoms with Gasteiger partial charge in [0.05, 0.1) is 18.7 Å². The molecule has 1 aliphatic rings. The number of urea groups is 1. The number of aromatic carboxylic acids is 1. The topological polar surface area (TPSA) is 117 Å². The van der Waals surface area contributed by atoms with Gasteiger partial charge in [0.25, 0.3) is 0 Å². The number of nitrogens with one attached hydrogen (secondary N) is 3. The van der Waals surface area contributed by atoms with Crippen LogP contribution in [0.3, 0.4) is 0 Å². The van der Waals surface area contributed by atoms with Gasteiger partial charge in [-0.25, -0.2) is 9.59 Å². The maximum Gasteiger partial charge on any atom is 0.335 e. The Morgan fingerprint density at radius 1 is 1.15 bits per heavy atom. The average Bonchev–Trinajstić information content (AvgIpc) is 2.61. The molecule has 1 aromatic rings. The molecular weight excluding hydrogens is 338 g/mol. The van der Waals surface area contributed by atoms with Crippen molar-refractivity contribution < 1.29 is 24.2 Å². The first kappa shape index (κ1) is 19.7. The van der Waals surface area contributed by atoms with Gasteiger partial charge >= 0.3 is 12.0 Å². The second-order valence-corrected chi connectivity index (χ2v) is 6.37. The molecule has 0 heterocycles. The average molecular weight is 363 g/mol. The van der Waals surface area contributed by atoms with Gasteiger partial charge in [0.1, 0.15) is 0 Å². The van der Waals surface area contributed by atoms with Gasteiger partial charge in [-0.05, 0) is 36.6 Å². The largest absolute Gasteiger partial charge is 0.478 e. The molecular formula is C18H25N3O5. The summed E-state index contributed by atoms with van der Waals surface area (Å²) >= 11 is 0. The minimum Gasteiger partial charge on any atom is -0.478 e. The highest BCUT2D eigenvalue weighted by Crippen LogP contribution is 2.17. The molecule has 0 saturated heterocycles. The molecule has 2 rings (SSSR count). The summed E-state index contributed by atoms with van der Waals surface area (Å²) in [4.78, 5) is 35.1. The number of amides is 3. The van der Waals surface area contributed by atoms with E-state index in [1.165, 1.54) is 25.7 Å². The Hall–Kier alpha value is -2.61. The lowest BCUT2D eigenvalue weighted by molar-refractivity contribution is -0.115. The van der Waals surface area contributed by atoms with Crippen molar-refractivity contribution in [2.75, 3.05) is 19.0 Å². The zero-order valence-electron chi connectivity index (χ0n) is 14.8. The molecule has 0 atom stereocenters. The molecule has 142 valence electrons. The standard InChI is InChI=1S/C18H25N3O5/c1-26-11-12-7-13(17(23)24)9-15(8-12)20-16(22)10-19-18(25)21-14-5-3-2-4-6-14/h7-9,14H,2-6,10-11H2,1H3,(H,20,22)(H,23,24)(H2,19,21,25). The Morgan fingerprint density at radius 2 is 1.88 bits per heavy atom. The van der Waals surface area contributed by atoms with E-state index >= 15 is 0 Å². The maximum atomic E-state index is 12.0. The number of benzene rings is 1. The summed E-state index contributed by atoms with van der Waals surface area (Å²) in [5.41, 5.74) is 1.03. The van der Waals surface area contributed by atoms with Crippen molar-refractivity contribution in [1.29, 1.82) is 0 Å². The molecule has 8 nitrogen and oxygen atoms in total. The van der Waals surface area contributed by atoms with Crippen molar-refractivity contribution in [2.45, 2.75) is 44.8 Å². The monoisotopic (exact) mass is 363 g/mol. The SMILES string of the molecule is COCc1cc(NC(=O)CNC(=O)NC2CCCCC2)cc(C(=O)O)c1. The molecule has 0 bridgehead atoms. The number of anilines is 1. The van der Waals surface area contributed by atoms with E-state index in [0.717, 1.165) is 25.7 Å². The third-order valence-electron chi connectivity index (χ3n) is 4.18. The fraction of sp³-hybridized carbons (Fsp3) is 0.500. The van der Waals surface area contributed by atoms with Crippen molar-refractivity contribution in [3.8, 4) is 0 Å². The summed E-state index contributed by atoms with van der Waals surface area (Å²) in [5.74, 6) is -1.53. The van der Waals surface area contributed by atoms with Crippen LogP contribution in [0.1, 0.15) is 48.0 Å². The Bertz CT molecular complexity index is 656. The van der Waals surface area contributed by atoms with Crippen molar-refractivity contribution in [3.63, 3.8) is 0 Å². The second kappa shape index (κ2) is 9.76. The number of carboxylic acids is 1. The van der Waals surface area contributed by atoms with Crippen LogP contribution in [0.4, 0.5) is 10.5 Å². The minimum absolute atomic E-state index is 0.0536. The quantitative estimate of drug-likeness (QED) is 0.592. The highest BCUT2D eigenvalue weighted by Gasteiger charge is 2.16. The summed E-state index contributed by atoms with van der Waals surface area (Å²) in [6.07, 6.45) is 5.33. The fourth-order valence-electron chi connectivity index (χ4n) is 2.99. The number of hydrogen-bond donors (Lipinski definition) is 4.